The van der Waals surface area contributed by atoms with E-state index in [0.29, 0.717) is 12.2 Å². The van der Waals surface area contributed by atoms with Crippen molar-refractivity contribution in [3.8, 4) is 0 Å². The van der Waals surface area contributed by atoms with E-state index < -0.39 is 0 Å². The Labute approximate surface area is 68.5 Å². The molecule has 1 rings (SSSR count). The zero-order valence-electron chi connectivity index (χ0n) is 7.39. The topological polar surface area (TPSA) is 17.1 Å². The number of carbonyl (C=O) groups excluding carboxylic acids is 1. The first-order valence-electron chi connectivity index (χ1n) is 4.42. The van der Waals surface area contributed by atoms with Gasteiger partial charge < -0.3 is 0 Å². The third-order valence-corrected chi connectivity index (χ3v) is 2.77. The number of rotatable bonds is 2. The number of hydrogen-bond acceptors (Lipinski definition) is 1. The second kappa shape index (κ2) is 3.21. The molecule has 0 aromatic heterocycles. The number of allylic oxidation sites excluding steroid dienone is 2. The highest BCUT2D eigenvalue weighted by atomic mass is 16.1. The van der Waals surface area contributed by atoms with Crippen molar-refractivity contribution < 1.29 is 4.79 Å². The predicted molar refractivity (Wildman–Crippen MR) is 46.4 cm³/mol. The van der Waals surface area contributed by atoms with Crippen molar-refractivity contribution in [2.24, 2.45) is 5.41 Å². The zero-order chi connectivity index (χ0) is 8.32. The summed E-state index contributed by atoms with van der Waals surface area (Å²) in [5.41, 5.74) is 0.204. The molecule has 11 heavy (non-hydrogen) atoms. The summed E-state index contributed by atoms with van der Waals surface area (Å²) in [5, 5.41) is 0. The van der Waals surface area contributed by atoms with Crippen molar-refractivity contribution >= 4 is 5.78 Å². The van der Waals surface area contributed by atoms with Gasteiger partial charge in [-0.15, -0.1) is 0 Å². The van der Waals surface area contributed by atoms with Crippen molar-refractivity contribution in [2.75, 3.05) is 0 Å². The van der Waals surface area contributed by atoms with E-state index in [-0.39, 0.29) is 5.41 Å². The zero-order valence-corrected chi connectivity index (χ0v) is 7.39. The first-order chi connectivity index (χ1) is 5.22. The van der Waals surface area contributed by atoms with Gasteiger partial charge in [0, 0.05) is 12.8 Å². The van der Waals surface area contributed by atoms with Gasteiger partial charge in [0.15, 0.2) is 0 Å². The second-order valence-electron chi connectivity index (χ2n) is 3.39. The van der Waals surface area contributed by atoms with Gasteiger partial charge in [-0.3, -0.25) is 4.79 Å². The molecule has 1 aliphatic rings. The van der Waals surface area contributed by atoms with Gasteiger partial charge in [-0.2, -0.15) is 0 Å². The highest BCUT2D eigenvalue weighted by Crippen LogP contribution is 2.35. The van der Waals surface area contributed by atoms with Crippen LogP contribution >= 0.6 is 0 Å². The second-order valence-corrected chi connectivity index (χ2v) is 3.39. The molecule has 0 atom stereocenters. The molecule has 0 spiro atoms. The molecule has 1 nitrogen and oxygen atoms in total. The summed E-state index contributed by atoms with van der Waals surface area (Å²) in [6.07, 6.45) is 7.85. The molecule has 0 amide bonds. The summed E-state index contributed by atoms with van der Waals surface area (Å²) in [6.45, 7) is 4.32. The fourth-order valence-corrected chi connectivity index (χ4v) is 1.70. The molecule has 0 heterocycles. The SMILES string of the molecule is CCC1(CC)C=CCC(=O)C1. The normalized spacial score (nSPS) is 22.2. The molecule has 0 bridgehead atoms. The predicted octanol–water partition coefficient (Wildman–Crippen LogP) is 2.71. The van der Waals surface area contributed by atoms with E-state index in [1.807, 2.05) is 6.08 Å². The summed E-state index contributed by atoms with van der Waals surface area (Å²) in [5.74, 6) is 0.399. The molecule has 0 N–H and O–H groups in total. The molecule has 0 aromatic carbocycles. The average molecular weight is 152 g/mol. The fourth-order valence-electron chi connectivity index (χ4n) is 1.70. The van der Waals surface area contributed by atoms with Crippen molar-refractivity contribution in [1.29, 1.82) is 0 Å². The lowest BCUT2D eigenvalue weighted by Crippen LogP contribution is -2.23. The molecule has 0 radical (unpaired) electrons. The maximum absolute atomic E-state index is 11.1. The van der Waals surface area contributed by atoms with Gasteiger partial charge in [0.05, 0.1) is 0 Å². The van der Waals surface area contributed by atoms with Crippen LogP contribution in [-0.2, 0) is 4.79 Å². The number of ketones is 1. The number of hydrogen-bond donors (Lipinski definition) is 0. The Kier molecular flexibility index (Phi) is 2.48. The largest absolute Gasteiger partial charge is 0.299 e. The first kappa shape index (κ1) is 8.51. The van der Waals surface area contributed by atoms with E-state index in [1.54, 1.807) is 0 Å². The van der Waals surface area contributed by atoms with E-state index in [9.17, 15) is 4.79 Å². The first-order valence-corrected chi connectivity index (χ1v) is 4.42. The van der Waals surface area contributed by atoms with E-state index in [0.717, 1.165) is 19.3 Å². The van der Waals surface area contributed by atoms with Gasteiger partial charge in [0.2, 0.25) is 0 Å². The Bertz CT molecular complexity index is 175. The fraction of sp³-hybridized carbons (Fsp3) is 0.700. The van der Waals surface area contributed by atoms with E-state index >= 15 is 0 Å². The summed E-state index contributed by atoms with van der Waals surface area (Å²) in [6, 6.07) is 0. The molecule has 0 aromatic rings. The van der Waals surface area contributed by atoms with Crippen LogP contribution < -0.4 is 0 Å². The minimum atomic E-state index is 0.204. The lowest BCUT2D eigenvalue weighted by molar-refractivity contribution is -0.120. The highest BCUT2D eigenvalue weighted by Gasteiger charge is 2.28. The van der Waals surface area contributed by atoms with Crippen LogP contribution in [0.15, 0.2) is 12.2 Å². The molecule has 1 heteroatoms. The van der Waals surface area contributed by atoms with Gasteiger partial charge in [-0.1, -0.05) is 26.0 Å². The molecule has 1 aliphatic carbocycles. The molecule has 0 saturated heterocycles. The minimum Gasteiger partial charge on any atom is -0.299 e. The van der Waals surface area contributed by atoms with Crippen molar-refractivity contribution in [3.05, 3.63) is 12.2 Å². The number of carbonyl (C=O) groups is 1. The Balaban J connectivity index is 2.75. The number of Topliss-reactive ketones (excluding diaryl/α,β-unsaturated/α-hetero) is 1. The summed E-state index contributed by atoms with van der Waals surface area (Å²) >= 11 is 0. The highest BCUT2D eigenvalue weighted by molar-refractivity contribution is 5.82. The molecule has 62 valence electrons. The van der Waals surface area contributed by atoms with Gasteiger partial charge in [0.25, 0.3) is 0 Å². The third kappa shape index (κ3) is 1.70. The lowest BCUT2D eigenvalue weighted by atomic mass is 9.74. The van der Waals surface area contributed by atoms with Crippen LogP contribution in [0.5, 0.6) is 0 Å². The Morgan fingerprint density at radius 2 is 2.09 bits per heavy atom. The van der Waals surface area contributed by atoms with Gasteiger partial charge >= 0.3 is 0 Å². The molecule has 0 saturated carbocycles. The van der Waals surface area contributed by atoms with Crippen LogP contribution in [0.25, 0.3) is 0 Å². The van der Waals surface area contributed by atoms with Gasteiger partial charge in [-0.05, 0) is 18.3 Å². The van der Waals surface area contributed by atoms with Crippen LogP contribution in [0.2, 0.25) is 0 Å². The molecule has 0 aliphatic heterocycles. The van der Waals surface area contributed by atoms with Crippen molar-refractivity contribution in [3.63, 3.8) is 0 Å². The van der Waals surface area contributed by atoms with Crippen molar-refractivity contribution in [1.82, 2.24) is 0 Å². The smallest absolute Gasteiger partial charge is 0.137 e. The maximum atomic E-state index is 11.1. The van der Waals surface area contributed by atoms with E-state index in [2.05, 4.69) is 19.9 Å². The summed E-state index contributed by atoms with van der Waals surface area (Å²) < 4.78 is 0. The summed E-state index contributed by atoms with van der Waals surface area (Å²) in [7, 11) is 0. The Morgan fingerprint density at radius 1 is 1.45 bits per heavy atom. The molecule has 0 fully saturated rings. The van der Waals surface area contributed by atoms with Crippen LogP contribution in [-0.4, -0.2) is 5.78 Å². The van der Waals surface area contributed by atoms with Crippen LogP contribution in [0, 0.1) is 5.41 Å². The van der Waals surface area contributed by atoms with Gasteiger partial charge in [-0.25, -0.2) is 0 Å². The Morgan fingerprint density at radius 3 is 2.45 bits per heavy atom. The van der Waals surface area contributed by atoms with Crippen LogP contribution in [0.1, 0.15) is 39.5 Å². The minimum absolute atomic E-state index is 0.204. The molecular weight excluding hydrogens is 136 g/mol. The summed E-state index contributed by atoms with van der Waals surface area (Å²) in [4.78, 5) is 11.1. The van der Waals surface area contributed by atoms with E-state index in [4.69, 9.17) is 0 Å². The van der Waals surface area contributed by atoms with Crippen molar-refractivity contribution in [2.45, 2.75) is 39.5 Å². The quantitative estimate of drug-likeness (QED) is 0.556. The monoisotopic (exact) mass is 152 g/mol. The maximum Gasteiger partial charge on any atom is 0.137 e. The van der Waals surface area contributed by atoms with Gasteiger partial charge in [0.1, 0.15) is 5.78 Å². The molecule has 0 unspecified atom stereocenters. The lowest BCUT2D eigenvalue weighted by Gasteiger charge is -2.29. The third-order valence-electron chi connectivity index (χ3n) is 2.77. The van der Waals surface area contributed by atoms with Crippen LogP contribution in [0.3, 0.4) is 0 Å². The van der Waals surface area contributed by atoms with Crippen LogP contribution in [0.4, 0.5) is 0 Å². The average Bonchev–Trinajstić information content (AvgIpc) is 2.04. The standard InChI is InChI=1S/C10H16O/c1-3-10(4-2)7-5-6-9(11)8-10/h5,7H,3-4,6,8H2,1-2H3. The Hall–Kier alpha value is -0.590. The van der Waals surface area contributed by atoms with E-state index in [1.165, 1.54) is 0 Å². The molecular formula is C10H16O.